The summed E-state index contributed by atoms with van der Waals surface area (Å²) in [6.07, 6.45) is -4.47. The van der Waals surface area contributed by atoms with Crippen molar-refractivity contribution in [3.8, 4) is 0 Å². The van der Waals surface area contributed by atoms with Gasteiger partial charge >= 0.3 is 6.18 Å². The van der Waals surface area contributed by atoms with E-state index < -0.39 is 23.5 Å². The van der Waals surface area contributed by atoms with Gasteiger partial charge in [-0.3, -0.25) is 4.79 Å². The van der Waals surface area contributed by atoms with E-state index in [-0.39, 0.29) is 23.2 Å². The number of alkyl halides is 3. The number of benzene rings is 2. The van der Waals surface area contributed by atoms with Crippen LogP contribution in [0.1, 0.15) is 21.5 Å². The highest BCUT2D eigenvalue weighted by atomic mass is 19.4. The first-order chi connectivity index (χ1) is 11.3. The van der Waals surface area contributed by atoms with Gasteiger partial charge in [0.05, 0.1) is 11.1 Å². The smallest absolute Gasteiger partial charge is 0.348 e. The number of carbonyl (C=O) groups excluding carboxylic acids is 1. The van der Waals surface area contributed by atoms with Crippen LogP contribution < -0.4 is 5.32 Å². The molecule has 24 heavy (non-hydrogen) atoms. The van der Waals surface area contributed by atoms with Gasteiger partial charge < -0.3 is 5.32 Å². The average Bonchev–Trinajstić information content (AvgIpc) is 2.98. The number of nitrogens with zero attached hydrogens (tertiary/aromatic N) is 2. The van der Waals surface area contributed by atoms with E-state index in [1.165, 1.54) is 18.2 Å². The van der Waals surface area contributed by atoms with Crippen LogP contribution in [0.15, 0.2) is 36.4 Å². The second-order valence-electron chi connectivity index (χ2n) is 5.03. The van der Waals surface area contributed by atoms with Gasteiger partial charge in [-0.2, -0.15) is 28.6 Å². The monoisotopic (exact) mass is 338 g/mol. The predicted molar refractivity (Wildman–Crippen MR) is 76.5 cm³/mol. The molecule has 0 unspecified atom stereocenters. The lowest BCUT2D eigenvalue weighted by Gasteiger charge is -2.10. The number of carbonyl (C=O) groups is 1. The minimum atomic E-state index is -4.47. The van der Waals surface area contributed by atoms with Crippen molar-refractivity contribution in [2.24, 2.45) is 0 Å². The van der Waals surface area contributed by atoms with Gasteiger partial charge in [0.2, 0.25) is 0 Å². The molecule has 0 atom stereocenters. The Morgan fingerprint density at radius 2 is 1.83 bits per heavy atom. The summed E-state index contributed by atoms with van der Waals surface area (Å²) in [6.45, 7) is -0.168. The molecule has 0 aliphatic carbocycles. The number of rotatable bonds is 3. The minimum Gasteiger partial charge on any atom is -0.348 e. The van der Waals surface area contributed by atoms with E-state index in [1.54, 1.807) is 0 Å². The lowest BCUT2D eigenvalue weighted by Crippen LogP contribution is -2.24. The highest BCUT2D eigenvalue weighted by Crippen LogP contribution is 2.29. The average molecular weight is 338 g/mol. The standard InChI is InChI=1S/C15H10F4N4O/c16-11-6-13-12(21-23-22-13)5-10(11)14(24)20-7-8-2-1-3-9(4-8)15(17,18)19/h1-6H,7H2,(H,20,24)(H,21,22,23). The van der Waals surface area contributed by atoms with Crippen molar-refractivity contribution in [1.82, 2.24) is 20.7 Å². The normalized spacial score (nSPS) is 11.7. The Morgan fingerprint density at radius 3 is 2.54 bits per heavy atom. The zero-order valence-corrected chi connectivity index (χ0v) is 12.0. The van der Waals surface area contributed by atoms with Gasteiger partial charge in [-0.05, 0) is 23.8 Å². The molecular weight excluding hydrogens is 328 g/mol. The van der Waals surface area contributed by atoms with Gasteiger partial charge in [0.15, 0.2) is 0 Å². The van der Waals surface area contributed by atoms with Crippen molar-refractivity contribution < 1.29 is 22.4 Å². The second-order valence-corrected chi connectivity index (χ2v) is 5.03. The number of aromatic nitrogens is 3. The van der Waals surface area contributed by atoms with Crippen molar-refractivity contribution in [3.05, 3.63) is 58.9 Å². The van der Waals surface area contributed by atoms with Crippen LogP contribution in [0.2, 0.25) is 0 Å². The summed E-state index contributed by atoms with van der Waals surface area (Å²) < 4.78 is 51.9. The summed E-state index contributed by atoms with van der Waals surface area (Å²) in [5.41, 5.74) is -0.253. The fraction of sp³-hybridized carbons (Fsp3) is 0.133. The molecule has 3 rings (SSSR count). The Morgan fingerprint density at radius 1 is 1.12 bits per heavy atom. The Kier molecular flexibility index (Phi) is 3.92. The van der Waals surface area contributed by atoms with Crippen LogP contribution in [0.4, 0.5) is 17.6 Å². The maximum Gasteiger partial charge on any atom is 0.416 e. The molecule has 0 saturated heterocycles. The second kappa shape index (κ2) is 5.91. The molecule has 0 radical (unpaired) electrons. The molecule has 5 nitrogen and oxygen atoms in total. The van der Waals surface area contributed by atoms with Crippen LogP contribution in [-0.2, 0) is 12.7 Å². The largest absolute Gasteiger partial charge is 0.416 e. The number of halogens is 4. The van der Waals surface area contributed by atoms with Crippen LogP contribution in [0.3, 0.4) is 0 Å². The first-order valence-electron chi connectivity index (χ1n) is 6.79. The maximum absolute atomic E-state index is 13.9. The van der Waals surface area contributed by atoms with E-state index in [9.17, 15) is 22.4 Å². The van der Waals surface area contributed by atoms with Crippen molar-refractivity contribution in [3.63, 3.8) is 0 Å². The molecule has 3 aromatic rings. The zero-order chi connectivity index (χ0) is 17.3. The van der Waals surface area contributed by atoms with E-state index in [0.29, 0.717) is 5.52 Å². The molecule has 9 heteroatoms. The summed E-state index contributed by atoms with van der Waals surface area (Å²) >= 11 is 0. The molecule has 1 heterocycles. The van der Waals surface area contributed by atoms with E-state index in [1.807, 2.05) is 0 Å². The molecule has 0 spiro atoms. The summed E-state index contributed by atoms with van der Waals surface area (Å²) in [4.78, 5) is 12.1. The SMILES string of the molecule is O=C(NCc1cccc(C(F)(F)F)c1)c1cc2n[nH]nc2cc1F. The van der Waals surface area contributed by atoms with Gasteiger partial charge in [0, 0.05) is 12.6 Å². The van der Waals surface area contributed by atoms with E-state index in [4.69, 9.17) is 0 Å². The summed E-state index contributed by atoms with van der Waals surface area (Å²) in [5, 5.41) is 12.1. The Labute approximate surface area is 132 Å². The van der Waals surface area contributed by atoms with E-state index >= 15 is 0 Å². The first kappa shape index (κ1) is 15.9. The predicted octanol–water partition coefficient (Wildman–Crippen LogP) is 3.05. The number of aromatic amines is 1. The maximum atomic E-state index is 13.9. The van der Waals surface area contributed by atoms with Crippen LogP contribution in [0.25, 0.3) is 11.0 Å². The Balaban J connectivity index is 1.76. The summed E-state index contributed by atoms with van der Waals surface area (Å²) in [5.74, 6) is -1.55. The van der Waals surface area contributed by atoms with Gasteiger partial charge in [-0.1, -0.05) is 12.1 Å². The molecule has 2 aromatic carbocycles. The highest BCUT2D eigenvalue weighted by Gasteiger charge is 2.30. The quantitative estimate of drug-likeness (QED) is 0.721. The fourth-order valence-corrected chi connectivity index (χ4v) is 2.17. The molecule has 0 saturated carbocycles. The van der Waals surface area contributed by atoms with E-state index in [0.717, 1.165) is 18.2 Å². The first-order valence-corrected chi connectivity index (χ1v) is 6.79. The van der Waals surface area contributed by atoms with Gasteiger partial charge in [0.25, 0.3) is 5.91 Å². The third-order valence-electron chi connectivity index (χ3n) is 3.36. The summed E-state index contributed by atoms with van der Waals surface area (Å²) in [7, 11) is 0. The molecule has 0 fully saturated rings. The number of nitrogens with one attached hydrogen (secondary N) is 2. The van der Waals surface area contributed by atoms with Crippen molar-refractivity contribution in [2.45, 2.75) is 12.7 Å². The molecule has 0 aliphatic rings. The van der Waals surface area contributed by atoms with E-state index in [2.05, 4.69) is 20.7 Å². The lowest BCUT2D eigenvalue weighted by molar-refractivity contribution is -0.137. The number of H-pyrrole nitrogens is 1. The minimum absolute atomic E-state index is 0.168. The van der Waals surface area contributed by atoms with Gasteiger partial charge in [0.1, 0.15) is 16.9 Å². The topological polar surface area (TPSA) is 70.7 Å². The fourth-order valence-electron chi connectivity index (χ4n) is 2.17. The third kappa shape index (κ3) is 3.19. The highest BCUT2D eigenvalue weighted by molar-refractivity contribution is 5.97. The van der Waals surface area contributed by atoms with Gasteiger partial charge in [-0.15, -0.1) is 0 Å². The van der Waals surface area contributed by atoms with Crippen LogP contribution >= 0.6 is 0 Å². The number of amides is 1. The molecule has 0 bridgehead atoms. The number of hydrogen-bond donors (Lipinski definition) is 2. The van der Waals surface area contributed by atoms with Crippen molar-refractivity contribution in [1.29, 1.82) is 0 Å². The molecular formula is C15H10F4N4O. The Bertz CT molecular complexity index is 904. The van der Waals surface area contributed by atoms with Crippen molar-refractivity contribution >= 4 is 16.9 Å². The molecule has 124 valence electrons. The molecule has 2 N–H and O–H groups in total. The zero-order valence-electron chi connectivity index (χ0n) is 12.0. The summed E-state index contributed by atoms with van der Waals surface area (Å²) in [6, 6.07) is 6.81. The number of fused-ring (bicyclic) bond motifs is 1. The van der Waals surface area contributed by atoms with Crippen LogP contribution in [0.5, 0.6) is 0 Å². The molecule has 0 aliphatic heterocycles. The van der Waals surface area contributed by atoms with Crippen molar-refractivity contribution in [2.75, 3.05) is 0 Å². The molecule has 1 amide bonds. The lowest BCUT2D eigenvalue weighted by atomic mass is 10.1. The number of hydrogen-bond acceptors (Lipinski definition) is 3. The van der Waals surface area contributed by atoms with Gasteiger partial charge in [-0.25, -0.2) is 4.39 Å². The third-order valence-corrected chi connectivity index (χ3v) is 3.36. The van der Waals surface area contributed by atoms with Crippen LogP contribution in [0, 0.1) is 5.82 Å². The Hall–Kier alpha value is -2.97. The molecule has 1 aromatic heterocycles. The van der Waals surface area contributed by atoms with Crippen LogP contribution in [-0.4, -0.2) is 21.3 Å².